The van der Waals surface area contributed by atoms with Gasteiger partial charge < -0.3 is 16.2 Å². The van der Waals surface area contributed by atoms with E-state index in [0.717, 1.165) is 0 Å². The summed E-state index contributed by atoms with van der Waals surface area (Å²) in [6.45, 7) is 0.316. The molecule has 23 heavy (non-hydrogen) atoms. The van der Waals surface area contributed by atoms with Gasteiger partial charge in [0.05, 0.1) is 12.9 Å². The first-order valence-corrected chi connectivity index (χ1v) is 8.10. The van der Waals surface area contributed by atoms with Crippen molar-refractivity contribution in [3.63, 3.8) is 0 Å². The molecule has 5 N–H and O–H groups in total. The third-order valence-electron chi connectivity index (χ3n) is 2.44. The first-order valence-electron chi connectivity index (χ1n) is 6.25. The molecule has 8 nitrogen and oxygen atoms in total. The van der Waals surface area contributed by atoms with E-state index < -0.39 is 21.8 Å². The number of halogens is 1. The summed E-state index contributed by atoms with van der Waals surface area (Å²) in [6.07, 6.45) is 2.62. The van der Waals surface area contributed by atoms with Gasteiger partial charge in [-0.1, -0.05) is 0 Å². The first kappa shape index (κ1) is 18.6. The van der Waals surface area contributed by atoms with Crippen LogP contribution >= 0.6 is 0 Å². The second-order valence-corrected chi connectivity index (χ2v) is 5.99. The lowest BCUT2D eigenvalue weighted by Gasteiger charge is -2.04. The molecular formula is C13H16FN3O5S. The molecule has 1 heterocycles. The quantitative estimate of drug-likeness (QED) is 0.377. The van der Waals surface area contributed by atoms with Crippen LogP contribution in [0.5, 0.6) is 5.75 Å². The summed E-state index contributed by atoms with van der Waals surface area (Å²) in [6, 6.07) is 4.12. The summed E-state index contributed by atoms with van der Waals surface area (Å²) in [5, 5.41) is 0. The molecule has 1 aromatic carbocycles. The molecule has 2 rings (SSSR count). The Bertz CT molecular complexity index is 747. The van der Waals surface area contributed by atoms with Crippen molar-refractivity contribution in [3.8, 4) is 5.75 Å². The summed E-state index contributed by atoms with van der Waals surface area (Å²) in [5.41, 5.74) is 11.2. The molecule has 1 aromatic rings. The van der Waals surface area contributed by atoms with Gasteiger partial charge in [0, 0.05) is 17.6 Å². The second kappa shape index (κ2) is 7.70. The van der Waals surface area contributed by atoms with E-state index in [1.807, 2.05) is 0 Å². The van der Waals surface area contributed by atoms with Crippen molar-refractivity contribution < 1.29 is 26.9 Å². The molecule has 0 bridgehead atoms. The highest BCUT2D eigenvalue weighted by Gasteiger charge is 2.15. The summed E-state index contributed by atoms with van der Waals surface area (Å²) in [5.74, 6) is -0.700. The molecule has 0 fully saturated rings. The summed E-state index contributed by atoms with van der Waals surface area (Å²) in [7, 11) is -3.67. The summed E-state index contributed by atoms with van der Waals surface area (Å²) < 4.78 is 44.4. The Morgan fingerprint density at radius 2 is 2.00 bits per heavy atom. The van der Waals surface area contributed by atoms with Crippen LogP contribution in [0.15, 0.2) is 28.8 Å². The van der Waals surface area contributed by atoms with Crippen molar-refractivity contribution in [2.45, 2.75) is 6.42 Å². The number of hydrogen-bond donors (Lipinski definition) is 3. The number of guanidine groups is 1. The summed E-state index contributed by atoms with van der Waals surface area (Å²) in [4.78, 5) is 15.1. The molecule has 0 saturated heterocycles. The zero-order valence-electron chi connectivity index (χ0n) is 12.2. The van der Waals surface area contributed by atoms with Gasteiger partial charge >= 0.3 is 0 Å². The van der Waals surface area contributed by atoms with Crippen LogP contribution in [-0.4, -0.2) is 37.7 Å². The number of benzene rings is 1. The maximum absolute atomic E-state index is 13.1. The highest BCUT2D eigenvalue weighted by atomic mass is 32.2. The molecule has 0 radical (unpaired) electrons. The Balaban J connectivity index is 0.000000463. The second-order valence-electron chi connectivity index (χ2n) is 4.53. The van der Waals surface area contributed by atoms with E-state index in [1.54, 1.807) is 6.08 Å². The molecule has 1 amide bonds. The van der Waals surface area contributed by atoms with Crippen molar-refractivity contribution >= 4 is 28.1 Å². The van der Waals surface area contributed by atoms with E-state index >= 15 is 0 Å². The van der Waals surface area contributed by atoms with Crippen LogP contribution in [0.2, 0.25) is 0 Å². The third-order valence-corrected chi connectivity index (χ3v) is 2.44. The number of amides is 1. The van der Waals surface area contributed by atoms with Crippen LogP contribution < -0.4 is 16.2 Å². The van der Waals surface area contributed by atoms with Gasteiger partial charge in [-0.15, -0.1) is 0 Å². The average molecular weight is 345 g/mol. The van der Waals surface area contributed by atoms with E-state index in [1.165, 1.54) is 18.2 Å². The van der Waals surface area contributed by atoms with Crippen LogP contribution in [0.25, 0.3) is 6.08 Å². The Kier molecular flexibility index (Phi) is 6.22. The molecule has 0 atom stereocenters. The van der Waals surface area contributed by atoms with Gasteiger partial charge in [0.2, 0.25) is 0 Å². The van der Waals surface area contributed by atoms with Gasteiger partial charge in [-0.2, -0.15) is 13.4 Å². The van der Waals surface area contributed by atoms with E-state index in [0.29, 0.717) is 36.2 Å². The molecule has 0 aliphatic carbocycles. The molecule has 0 spiro atoms. The number of hydrogen-bond acceptors (Lipinski definition) is 4. The molecule has 0 saturated carbocycles. The number of carbonyl (C=O) groups is 1. The molecule has 1 aliphatic heterocycles. The lowest BCUT2D eigenvalue weighted by Crippen LogP contribution is -2.24. The molecule has 1 aliphatic rings. The van der Waals surface area contributed by atoms with Crippen LogP contribution in [-0.2, 0) is 14.9 Å². The highest BCUT2D eigenvalue weighted by molar-refractivity contribution is 7.85. The van der Waals surface area contributed by atoms with Gasteiger partial charge in [0.15, 0.2) is 5.96 Å². The predicted octanol–water partition coefficient (Wildman–Crippen LogP) is 0.296. The fraction of sp³-hybridized carbons (Fsp3) is 0.231. The van der Waals surface area contributed by atoms with Crippen LogP contribution in [0, 0.1) is 5.82 Å². The Hall–Kier alpha value is -2.46. The third kappa shape index (κ3) is 7.38. The molecule has 126 valence electrons. The van der Waals surface area contributed by atoms with Gasteiger partial charge in [-0.05, 0) is 24.3 Å². The maximum atomic E-state index is 13.1. The van der Waals surface area contributed by atoms with E-state index in [-0.39, 0.29) is 5.96 Å². The lowest BCUT2D eigenvalue weighted by atomic mass is 10.1. The van der Waals surface area contributed by atoms with Crippen molar-refractivity contribution in [1.29, 1.82) is 0 Å². The van der Waals surface area contributed by atoms with Crippen LogP contribution in [0.3, 0.4) is 0 Å². The number of nitrogens with zero attached hydrogens (tertiary/aromatic N) is 1. The average Bonchev–Trinajstić information content (AvgIpc) is 2.57. The topological polar surface area (TPSA) is 145 Å². The largest absolute Gasteiger partial charge is 0.493 e. The van der Waals surface area contributed by atoms with Gasteiger partial charge in [-0.25, -0.2) is 4.39 Å². The number of fused-ring (bicyclic) bond motifs is 1. The fourth-order valence-corrected chi connectivity index (χ4v) is 1.65. The van der Waals surface area contributed by atoms with Crippen LogP contribution in [0.1, 0.15) is 12.0 Å². The van der Waals surface area contributed by atoms with E-state index in [4.69, 9.17) is 20.8 Å². The summed E-state index contributed by atoms with van der Waals surface area (Å²) >= 11 is 0. The zero-order valence-corrected chi connectivity index (χ0v) is 13.0. The zero-order chi connectivity index (χ0) is 17.6. The van der Waals surface area contributed by atoms with Crippen molar-refractivity contribution in [2.75, 3.05) is 12.9 Å². The van der Waals surface area contributed by atoms with Gasteiger partial charge in [0.25, 0.3) is 16.0 Å². The Morgan fingerprint density at radius 1 is 1.39 bits per heavy atom. The van der Waals surface area contributed by atoms with E-state index in [9.17, 15) is 17.6 Å². The predicted molar refractivity (Wildman–Crippen MR) is 82.8 cm³/mol. The minimum Gasteiger partial charge on any atom is -0.493 e. The van der Waals surface area contributed by atoms with Gasteiger partial charge in [-0.3, -0.25) is 9.35 Å². The standard InChI is InChI=1S/C12H12FN3O2.CH4O3S/c13-9-1-2-10-8(6-9)5-7(3-4-18-10)11(17)16-12(14)15;1-5(2,3)4/h1-2,5-6H,3-4H2,(H4,14,15,16,17);1H3,(H,2,3,4). The van der Waals surface area contributed by atoms with Crippen molar-refractivity contribution in [2.24, 2.45) is 16.5 Å². The number of carbonyl (C=O) groups excluding carboxylic acids is 1. The van der Waals surface area contributed by atoms with Crippen molar-refractivity contribution in [3.05, 3.63) is 35.2 Å². The smallest absolute Gasteiger partial charge is 0.276 e. The number of rotatable bonds is 1. The molecule has 0 aromatic heterocycles. The SMILES string of the molecule is CS(=O)(=O)O.NC(N)=NC(=O)C1=Cc2cc(F)ccc2OCC1. The van der Waals surface area contributed by atoms with E-state index in [2.05, 4.69) is 4.99 Å². The molecule has 10 heteroatoms. The number of nitrogens with two attached hydrogens (primary N) is 2. The normalized spacial score (nSPS) is 13.3. The fourth-order valence-electron chi connectivity index (χ4n) is 1.65. The maximum Gasteiger partial charge on any atom is 0.276 e. The monoisotopic (exact) mass is 345 g/mol. The molecular weight excluding hydrogens is 329 g/mol. The molecule has 0 unspecified atom stereocenters. The lowest BCUT2D eigenvalue weighted by molar-refractivity contribution is -0.114. The minimum atomic E-state index is -3.67. The Labute approximate surface area is 132 Å². The number of aliphatic imine (C=N–C) groups is 1. The highest BCUT2D eigenvalue weighted by Crippen LogP contribution is 2.26. The van der Waals surface area contributed by atoms with Crippen LogP contribution in [0.4, 0.5) is 4.39 Å². The first-order chi connectivity index (χ1) is 10.6. The Morgan fingerprint density at radius 3 is 2.57 bits per heavy atom. The van der Waals surface area contributed by atoms with Crippen molar-refractivity contribution in [1.82, 2.24) is 0 Å². The minimum absolute atomic E-state index is 0.300. The number of ether oxygens (including phenoxy) is 1. The van der Waals surface area contributed by atoms with Gasteiger partial charge in [0.1, 0.15) is 11.6 Å².